The number of aliphatic hydroxyl groups excluding tert-OH is 1. The van der Waals surface area contributed by atoms with Crippen LogP contribution < -0.4 is 0 Å². The lowest BCUT2D eigenvalue weighted by atomic mass is 9.89. The summed E-state index contributed by atoms with van der Waals surface area (Å²) < 4.78 is 6.59. The Morgan fingerprint density at radius 2 is 1.77 bits per heavy atom. The topological polar surface area (TPSA) is 82.9 Å². The Balaban J connectivity index is 1.93. The minimum absolute atomic E-state index is 0.0616. The summed E-state index contributed by atoms with van der Waals surface area (Å²) in [6.07, 6.45) is 1.54. The summed E-state index contributed by atoms with van der Waals surface area (Å²) in [6.45, 7) is 5.51. The zero-order valence-corrected chi connectivity index (χ0v) is 21.3. The summed E-state index contributed by atoms with van der Waals surface area (Å²) in [6, 6.07) is 16.0. The van der Waals surface area contributed by atoms with Gasteiger partial charge in [0, 0.05) is 40.4 Å². The molecule has 0 fully saturated rings. The number of pyridine rings is 1. The SMILES string of the molecule is C[C@H](CO)CO[C@]1(c2ccc(Cl)cc2)c2ccc(C(C)(C)O)cc2C(=O)N1Cc1ccc(Cl)cn1. The Bertz CT molecular complexity index is 1210. The Morgan fingerprint density at radius 1 is 1.09 bits per heavy atom. The smallest absolute Gasteiger partial charge is 0.257 e. The van der Waals surface area contributed by atoms with E-state index >= 15 is 0 Å². The molecule has 184 valence electrons. The molecule has 2 heterocycles. The van der Waals surface area contributed by atoms with E-state index in [1.165, 1.54) is 6.20 Å². The highest BCUT2D eigenvalue weighted by atomic mass is 35.5. The molecule has 2 atom stereocenters. The van der Waals surface area contributed by atoms with Crippen LogP contribution in [-0.2, 0) is 22.6 Å². The lowest BCUT2D eigenvalue weighted by Gasteiger charge is -2.40. The van der Waals surface area contributed by atoms with Gasteiger partial charge in [-0.15, -0.1) is 0 Å². The summed E-state index contributed by atoms with van der Waals surface area (Å²) in [7, 11) is 0. The summed E-state index contributed by atoms with van der Waals surface area (Å²) in [4.78, 5) is 20.0. The molecule has 0 saturated carbocycles. The Kier molecular flexibility index (Phi) is 7.23. The molecular formula is C27H28Cl2N2O4. The third kappa shape index (κ3) is 4.95. The molecule has 6 nitrogen and oxygen atoms in total. The minimum atomic E-state index is -1.29. The zero-order chi connectivity index (χ0) is 25.4. The van der Waals surface area contributed by atoms with E-state index in [1.54, 1.807) is 55.1 Å². The summed E-state index contributed by atoms with van der Waals surface area (Å²) in [5.74, 6) is -0.418. The van der Waals surface area contributed by atoms with Gasteiger partial charge in [0.1, 0.15) is 0 Å². The van der Waals surface area contributed by atoms with Crippen LogP contribution in [0.4, 0.5) is 0 Å². The molecule has 1 aromatic heterocycles. The monoisotopic (exact) mass is 514 g/mol. The molecule has 1 aliphatic rings. The van der Waals surface area contributed by atoms with Crippen LogP contribution >= 0.6 is 23.2 Å². The van der Waals surface area contributed by atoms with Crippen LogP contribution in [-0.4, -0.2) is 39.2 Å². The number of hydrogen-bond acceptors (Lipinski definition) is 5. The fourth-order valence-corrected chi connectivity index (χ4v) is 4.46. The van der Waals surface area contributed by atoms with Crippen molar-refractivity contribution in [2.24, 2.45) is 5.92 Å². The first-order valence-corrected chi connectivity index (χ1v) is 12.1. The summed E-state index contributed by atoms with van der Waals surface area (Å²) in [5, 5.41) is 21.3. The van der Waals surface area contributed by atoms with Crippen molar-refractivity contribution >= 4 is 29.1 Å². The predicted octanol–water partition coefficient (Wildman–Crippen LogP) is 5.12. The van der Waals surface area contributed by atoms with Crippen LogP contribution in [0.3, 0.4) is 0 Å². The number of carbonyl (C=O) groups excluding carboxylic acids is 1. The van der Waals surface area contributed by atoms with Gasteiger partial charge in [-0.25, -0.2) is 0 Å². The van der Waals surface area contributed by atoms with E-state index in [-0.39, 0.29) is 31.6 Å². The molecule has 3 aromatic rings. The van der Waals surface area contributed by atoms with Gasteiger partial charge < -0.3 is 14.9 Å². The summed E-state index contributed by atoms with van der Waals surface area (Å²) in [5.41, 5.74) is 0.627. The van der Waals surface area contributed by atoms with Crippen molar-refractivity contribution in [3.05, 3.63) is 98.8 Å². The summed E-state index contributed by atoms with van der Waals surface area (Å²) >= 11 is 12.2. The van der Waals surface area contributed by atoms with E-state index in [4.69, 9.17) is 27.9 Å². The highest BCUT2D eigenvalue weighted by Gasteiger charge is 2.52. The number of nitrogens with zero attached hydrogens (tertiary/aromatic N) is 2. The average Bonchev–Trinajstić information content (AvgIpc) is 3.06. The van der Waals surface area contributed by atoms with Crippen molar-refractivity contribution in [3.8, 4) is 0 Å². The number of fused-ring (bicyclic) bond motifs is 1. The van der Waals surface area contributed by atoms with Crippen LogP contribution in [0.2, 0.25) is 10.0 Å². The Labute approximate surface area is 215 Å². The van der Waals surface area contributed by atoms with Crippen LogP contribution in [0, 0.1) is 5.92 Å². The van der Waals surface area contributed by atoms with Gasteiger partial charge in [0.25, 0.3) is 5.91 Å². The highest BCUT2D eigenvalue weighted by molar-refractivity contribution is 6.30. The maximum absolute atomic E-state index is 14.0. The molecule has 0 spiro atoms. The lowest BCUT2D eigenvalue weighted by Crippen LogP contribution is -2.47. The minimum Gasteiger partial charge on any atom is -0.396 e. The Morgan fingerprint density at radius 3 is 2.37 bits per heavy atom. The number of ether oxygens (including phenoxy) is 1. The van der Waals surface area contributed by atoms with Gasteiger partial charge in [0.2, 0.25) is 0 Å². The molecule has 4 rings (SSSR count). The van der Waals surface area contributed by atoms with E-state index in [0.29, 0.717) is 38.0 Å². The molecule has 0 bridgehead atoms. The standard InChI is InChI=1S/C27H28Cl2N2O4/c1-17(15-32)16-35-27(18-4-7-20(28)8-5-18)24-11-6-19(26(2,3)34)12-23(24)25(33)31(27)14-22-10-9-21(29)13-30-22/h4-13,17,32,34H,14-16H2,1-3H3/t17-,27-/m1/s1. The van der Waals surface area contributed by atoms with Gasteiger partial charge in [0.15, 0.2) is 5.72 Å². The first-order chi connectivity index (χ1) is 16.6. The van der Waals surface area contributed by atoms with E-state index < -0.39 is 11.3 Å². The van der Waals surface area contributed by atoms with Gasteiger partial charge in [-0.3, -0.25) is 14.7 Å². The fourth-order valence-electron chi connectivity index (χ4n) is 4.22. The van der Waals surface area contributed by atoms with E-state index in [1.807, 2.05) is 25.1 Å². The van der Waals surface area contributed by atoms with E-state index in [0.717, 1.165) is 0 Å². The molecule has 0 radical (unpaired) electrons. The maximum Gasteiger partial charge on any atom is 0.257 e. The number of hydrogen-bond donors (Lipinski definition) is 2. The van der Waals surface area contributed by atoms with Crippen LogP contribution in [0.25, 0.3) is 0 Å². The second kappa shape index (κ2) is 9.88. The van der Waals surface area contributed by atoms with Crippen LogP contribution in [0.15, 0.2) is 60.8 Å². The molecule has 0 unspecified atom stereocenters. The lowest BCUT2D eigenvalue weighted by molar-refractivity contribution is -0.123. The van der Waals surface area contributed by atoms with Crippen molar-refractivity contribution in [1.82, 2.24) is 9.88 Å². The van der Waals surface area contributed by atoms with Gasteiger partial charge >= 0.3 is 0 Å². The third-order valence-corrected chi connectivity index (χ3v) is 6.65. The van der Waals surface area contributed by atoms with Gasteiger partial charge in [-0.05, 0) is 49.7 Å². The first-order valence-electron chi connectivity index (χ1n) is 11.4. The van der Waals surface area contributed by atoms with Gasteiger partial charge in [0.05, 0.1) is 29.5 Å². The number of aliphatic hydroxyl groups is 2. The molecule has 1 aliphatic heterocycles. The molecule has 35 heavy (non-hydrogen) atoms. The number of benzene rings is 2. The van der Waals surface area contributed by atoms with Crippen molar-refractivity contribution < 1.29 is 19.7 Å². The van der Waals surface area contributed by atoms with Crippen molar-refractivity contribution in [1.29, 1.82) is 0 Å². The van der Waals surface area contributed by atoms with Crippen LogP contribution in [0.5, 0.6) is 0 Å². The number of rotatable bonds is 8. The molecular weight excluding hydrogens is 487 g/mol. The van der Waals surface area contributed by atoms with Crippen LogP contribution in [0.1, 0.15) is 53.5 Å². The predicted molar refractivity (Wildman–Crippen MR) is 135 cm³/mol. The molecule has 0 aliphatic carbocycles. The van der Waals surface area contributed by atoms with Crippen molar-refractivity contribution in [2.75, 3.05) is 13.2 Å². The van der Waals surface area contributed by atoms with Gasteiger partial charge in [-0.2, -0.15) is 0 Å². The fraction of sp³-hybridized carbons (Fsp3) is 0.333. The second-order valence-corrected chi connectivity index (χ2v) is 10.3. The largest absolute Gasteiger partial charge is 0.396 e. The molecule has 0 saturated heterocycles. The maximum atomic E-state index is 14.0. The second-order valence-electron chi connectivity index (χ2n) is 9.43. The third-order valence-electron chi connectivity index (χ3n) is 6.18. The zero-order valence-electron chi connectivity index (χ0n) is 19.8. The average molecular weight is 515 g/mol. The van der Waals surface area contributed by atoms with E-state index in [2.05, 4.69) is 4.98 Å². The molecule has 2 aromatic carbocycles. The molecule has 8 heteroatoms. The quantitative estimate of drug-likeness (QED) is 0.435. The van der Waals surface area contributed by atoms with Crippen molar-refractivity contribution in [2.45, 2.75) is 38.6 Å². The highest BCUT2D eigenvalue weighted by Crippen LogP contribution is 2.47. The normalized spacial score (nSPS) is 18.6. The first kappa shape index (κ1) is 25.6. The van der Waals surface area contributed by atoms with Gasteiger partial charge in [-0.1, -0.05) is 54.4 Å². The Hall–Kier alpha value is -2.48. The number of carbonyl (C=O) groups is 1. The van der Waals surface area contributed by atoms with E-state index in [9.17, 15) is 15.0 Å². The van der Waals surface area contributed by atoms with Crippen molar-refractivity contribution in [3.63, 3.8) is 0 Å². The number of amides is 1. The molecule has 2 N–H and O–H groups in total. The molecule has 1 amide bonds. The number of aromatic nitrogens is 1. The number of halogens is 2.